The van der Waals surface area contributed by atoms with Gasteiger partial charge in [-0.2, -0.15) is 0 Å². The van der Waals surface area contributed by atoms with Crippen molar-refractivity contribution in [1.29, 1.82) is 0 Å². The highest BCUT2D eigenvalue weighted by Crippen LogP contribution is 2.32. The van der Waals surface area contributed by atoms with Crippen LogP contribution in [0.1, 0.15) is 61.7 Å². The maximum Gasteiger partial charge on any atom is 0.191 e. The van der Waals surface area contributed by atoms with Crippen molar-refractivity contribution in [1.82, 2.24) is 15.6 Å². The molecule has 0 aliphatic heterocycles. The minimum atomic E-state index is 0.301. The molecule has 0 amide bonds. The quantitative estimate of drug-likeness (QED) is 0.491. The van der Waals surface area contributed by atoms with Crippen molar-refractivity contribution < 1.29 is 9.47 Å². The second kappa shape index (κ2) is 10.5. The summed E-state index contributed by atoms with van der Waals surface area (Å²) in [6.07, 6.45) is 5.03. The summed E-state index contributed by atoms with van der Waals surface area (Å²) < 4.78 is 11.7. The van der Waals surface area contributed by atoms with Crippen LogP contribution in [0, 0.1) is 0 Å². The number of methoxy groups -OCH3 is 1. The van der Waals surface area contributed by atoms with Crippen molar-refractivity contribution in [3.63, 3.8) is 0 Å². The van der Waals surface area contributed by atoms with Crippen LogP contribution in [-0.4, -0.2) is 31.2 Å². The lowest BCUT2D eigenvalue weighted by molar-refractivity contribution is 0.200. The van der Waals surface area contributed by atoms with E-state index in [1.807, 2.05) is 6.07 Å². The molecule has 0 radical (unpaired) electrons. The molecule has 0 spiro atoms. The van der Waals surface area contributed by atoms with Gasteiger partial charge >= 0.3 is 0 Å². The van der Waals surface area contributed by atoms with Crippen LogP contribution in [-0.2, 0) is 13.1 Å². The number of rotatable bonds is 8. The van der Waals surface area contributed by atoms with E-state index in [1.165, 1.54) is 12.8 Å². The maximum absolute atomic E-state index is 6.19. The molecule has 0 unspecified atom stereocenters. The number of ether oxygens (including phenoxy) is 2. The lowest BCUT2D eigenvalue weighted by Gasteiger charge is -2.17. The molecule has 158 valence electrons. The molecule has 2 N–H and O–H groups in total. The van der Waals surface area contributed by atoms with Gasteiger partial charge < -0.3 is 20.1 Å². The molecule has 29 heavy (non-hydrogen) atoms. The van der Waals surface area contributed by atoms with Gasteiger partial charge in [-0.05, 0) is 49.3 Å². The van der Waals surface area contributed by atoms with E-state index in [0.29, 0.717) is 25.1 Å². The molecule has 1 fully saturated rings. The summed E-state index contributed by atoms with van der Waals surface area (Å²) in [7, 11) is 3.46. The summed E-state index contributed by atoms with van der Waals surface area (Å²) >= 11 is 1.68. The highest BCUT2D eigenvalue weighted by molar-refractivity contribution is 7.09. The molecule has 0 bridgehead atoms. The van der Waals surface area contributed by atoms with Crippen molar-refractivity contribution in [3.05, 3.63) is 39.8 Å². The van der Waals surface area contributed by atoms with Gasteiger partial charge in [0.05, 0.1) is 25.5 Å². The van der Waals surface area contributed by atoms with E-state index in [9.17, 15) is 0 Å². The Morgan fingerprint density at radius 2 is 1.97 bits per heavy atom. The summed E-state index contributed by atoms with van der Waals surface area (Å²) in [6.45, 7) is 5.63. The zero-order valence-corrected chi connectivity index (χ0v) is 18.6. The van der Waals surface area contributed by atoms with Gasteiger partial charge in [0.15, 0.2) is 17.5 Å². The van der Waals surface area contributed by atoms with Crippen LogP contribution >= 0.6 is 11.3 Å². The maximum atomic E-state index is 6.19. The van der Waals surface area contributed by atoms with Crippen molar-refractivity contribution in [2.45, 2.75) is 64.6 Å². The van der Waals surface area contributed by atoms with E-state index in [2.05, 4.69) is 52.0 Å². The predicted octanol–water partition coefficient (Wildman–Crippen LogP) is 4.46. The second-order valence-electron chi connectivity index (χ2n) is 7.61. The Morgan fingerprint density at radius 1 is 1.21 bits per heavy atom. The van der Waals surface area contributed by atoms with Gasteiger partial charge in [-0.25, -0.2) is 4.98 Å². The van der Waals surface area contributed by atoms with Crippen LogP contribution in [0.5, 0.6) is 11.5 Å². The molecule has 1 heterocycles. The fraction of sp³-hybridized carbons (Fsp3) is 0.545. The second-order valence-corrected chi connectivity index (χ2v) is 8.55. The lowest BCUT2D eigenvalue weighted by atomic mass is 10.2. The van der Waals surface area contributed by atoms with Crippen LogP contribution in [0.15, 0.2) is 28.6 Å². The Hall–Kier alpha value is -2.28. The van der Waals surface area contributed by atoms with E-state index in [0.717, 1.165) is 46.6 Å². The molecule has 1 aliphatic carbocycles. The largest absolute Gasteiger partial charge is 0.493 e. The Balaban J connectivity index is 1.55. The minimum Gasteiger partial charge on any atom is -0.493 e. The van der Waals surface area contributed by atoms with E-state index in [4.69, 9.17) is 9.47 Å². The van der Waals surface area contributed by atoms with Gasteiger partial charge in [-0.1, -0.05) is 19.9 Å². The van der Waals surface area contributed by atoms with Gasteiger partial charge in [-0.3, -0.25) is 4.99 Å². The zero-order chi connectivity index (χ0) is 20.6. The average molecular weight is 417 g/mol. The third kappa shape index (κ3) is 6.10. The van der Waals surface area contributed by atoms with E-state index in [-0.39, 0.29) is 0 Å². The molecule has 3 rings (SSSR count). The molecule has 7 heteroatoms. The summed E-state index contributed by atoms with van der Waals surface area (Å²) in [5.74, 6) is 2.81. The zero-order valence-electron chi connectivity index (χ0n) is 17.8. The average Bonchev–Trinajstić information content (AvgIpc) is 3.40. The number of aliphatic imine (C=N–C) groups is 1. The number of guanidine groups is 1. The first-order chi connectivity index (χ1) is 14.1. The molecule has 2 aromatic rings. The predicted molar refractivity (Wildman–Crippen MR) is 119 cm³/mol. The van der Waals surface area contributed by atoms with Gasteiger partial charge in [0.2, 0.25) is 0 Å². The molecule has 0 atom stereocenters. The van der Waals surface area contributed by atoms with Gasteiger partial charge in [0.1, 0.15) is 5.01 Å². The van der Waals surface area contributed by atoms with Crippen LogP contribution in [0.2, 0.25) is 0 Å². The van der Waals surface area contributed by atoms with Crippen LogP contribution < -0.4 is 20.1 Å². The fourth-order valence-electron chi connectivity index (χ4n) is 3.35. The number of thiazole rings is 1. The van der Waals surface area contributed by atoms with Crippen LogP contribution in [0.3, 0.4) is 0 Å². The first-order valence-electron chi connectivity index (χ1n) is 10.3. The monoisotopic (exact) mass is 416 g/mol. The Kier molecular flexibility index (Phi) is 7.75. The van der Waals surface area contributed by atoms with E-state index >= 15 is 0 Å². The molecule has 1 saturated carbocycles. The number of benzene rings is 1. The fourth-order valence-corrected chi connectivity index (χ4v) is 4.24. The highest BCUT2D eigenvalue weighted by atomic mass is 32.1. The van der Waals surface area contributed by atoms with Gasteiger partial charge in [0.25, 0.3) is 0 Å². The summed E-state index contributed by atoms with van der Waals surface area (Å²) in [6, 6.07) is 6.09. The summed E-state index contributed by atoms with van der Waals surface area (Å²) in [5.41, 5.74) is 2.26. The smallest absolute Gasteiger partial charge is 0.191 e. The number of aromatic nitrogens is 1. The molecular weight excluding hydrogens is 384 g/mol. The van der Waals surface area contributed by atoms with E-state index in [1.54, 1.807) is 25.5 Å². The van der Waals surface area contributed by atoms with Crippen molar-refractivity contribution in [2.24, 2.45) is 4.99 Å². The van der Waals surface area contributed by atoms with Crippen molar-refractivity contribution in [3.8, 4) is 11.5 Å². The highest BCUT2D eigenvalue weighted by Gasteiger charge is 2.18. The van der Waals surface area contributed by atoms with Gasteiger partial charge in [0, 0.05) is 19.0 Å². The molecule has 1 aromatic heterocycles. The number of nitrogens with zero attached hydrogens (tertiary/aromatic N) is 2. The normalized spacial score (nSPS) is 15.0. The number of nitrogens with one attached hydrogen (secondary N) is 2. The third-order valence-corrected chi connectivity index (χ3v) is 5.94. The molecule has 0 saturated heterocycles. The molecule has 6 nitrogen and oxygen atoms in total. The van der Waals surface area contributed by atoms with Gasteiger partial charge in [-0.15, -0.1) is 11.3 Å². The van der Waals surface area contributed by atoms with Crippen molar-refractivity contribution >= 4 is 17.3 Å². The summed E-state index contributed by atoms with van der Waals surface area (Å²) in [4.78, 5) is 8.97. The lowest BCUT2D eigenvalue weighted by Crippen LogP contribution is -2.36. The number of hydrogen-bond acceptors (Lipinski definition) is 5. The molecular formula is C22H32N4O2S. The molecule has 1 aromatic carbocycles. The minimum absolute atomic E-state index is 0.301. The topological polar surface area (TPSA) is 67.8 Å². The third-order valence-electron chi connectivity index (χ3n) is 5.08. The molecule has 1 aliphatic rings. The Morgan fingerprint density at radius 3 is 2.62 bits per heavy atom. The Bertz CT molecular complexity index is 813. The van der Waals surface area contributed by atoms with Crippen LogP contribution in [0.4, 0.5) is 0 Å². The first-order valence-corrected chi connectivity index (χ1v) is 11.2. The first kappa shape index (κ1) is 21.4. The van der Waals surface area contributed by atoms with E-state index < -0.39 is 0 Å². The SMILES string of the molecule is CN=C(NCc1ccc(OC)c(OC2CCCC2)c1)NCc1nc(C(C)C)cs1. The number of hydrogen-bond donors (Lipinski definition) is 2. The van der Waals surface area contributed by atoms with Crippen LogP contribution in [0.25, 0.3) is 0 Å². The Labute approximate surface area is 177 Å². The standard InChI is InChI=1S/C22H32N4O2S/c1-15(2)18-14-29-21(26-18)13-25-22(23-3)24-12-16-9-10-19(27-4)20(11-16)28-17-7-5-6-8-17/h9-11,14-15,17H,5-8,12-13H2,1-4H3,(H2,23,24,25). The summed E-state index contributed by atoms with van der Waals surface area (Å²) in [5, 5.41) is 9.89. The van der Waals surface area contributed by atoms with Crippen molar-refractivity contribution in [2.75, 3.05) is 14.2 Å².